The van der Waals surface area contributed by atoms with Crippen molar-refractivity contribution in [3.63, 3.8) is 0 Å². The molecule has 17 heavy (non-hydrogen) atoms. The van der Waals surface area contributed by atoms with E-state index in [0.29, 0.717) is 0 Å². The van der Waals surface area contributed by atoms with Crippen molar-refractivity contribution in [2.45, 2.75) is 0 Å². The molecule has 0 spiro atoms. The van der Waals surface area contributed by atoms with Crippen molar-refractivity contribution in [3.8, 4) is 11.1 Å². The lowest BCUT2D eigenvalue weighted by Crippen LogP contribution is -2.20. The van der Waals surface area contributed by atoms with Crippen LogP contribution in [-0.2, 0) is 0 Å². The summed E-state index contributed by atoms with van der Waals surface area (Å²) in [5.41, 5.74) is -1.49. The van der Waals surface area contributed by atoms with E-state index in [1.54, 1.807) is 0 Å². The number of fused-ring (bicyclic) bond motifs is 3. The molecule has 2 nitrogen and oxygen atoms in total. The van der Waals surface area contributed by atoms with Crippen molar-refractivity contribution in [1.82, 2.24) is 0 Å². The maximum Gasteiger partial charge on any atom is 0.234 e. The summed E-state index contributed by atoms with van der Waals surface area (Å²) in [5, 5.41) is 0. The third-order valence-electron chi connectivity index (χ3n) is 2.38. The first-order valence-corrected chi connectivity index (χ1v) is 5.39. The van der Waals surface area contributed by atoms with E-state index in [2.05, 4.69) is 15.9 Å². The summed E-state index contributed by atoms with van der Waals surface area (Å²) in [6, 6.07) is -3.87. The van der Waals surface area contributed by atoms with Crippen LogP contribution in [0.25, 0.3) is 11.1 Å². The van der Waals surface area contributed by atoms with Gasteiger partial charge in [-0.3, -0.25) is 9.59 Å². The predicted molar refractivity (Wildman–Crippen MR) is 68.2 cm³/mol. The molecule has 0 saturated heterocycles. The number of benzene rings is 2. The van der Waals surface area contributed by atoms with Gasteiger partial charge in [0.05, 0.1) is 9.60 Å². The maximum absolute atomic E-state index is 12.4. The molecular formula is C14H7BrO2. The van der Waals surface area contributed by atoms with E-state index in [9.17, 15) is 9.59 Å². The predicted octanol–water partition coefficient (Wildman–Crippen LogP) is 3.50. The van der Waals surface area contributed by atoms with Crippen LogP contribution < -0.4 is 0 Å². The number of halogens is 1. The zero-order valence-electron chi connectivity index (χ0n) is 15.2. The molecule has 0 heterocycles. The molecule has 2 aromatic carbocycles. The zero-order chi connectivity index (χ0) is 18.1. The molecule has 0 unspecified atom stereocenters. The minimum Gasteiger partial charge on any atom is -0.285 e. The van der Waals surface area contributed by atoms with Gasteiger partial charge >= 0.3 is 0 Å². The zero-order valence-corrected chi connectivity index (χ0v) is 9.78. The number of hydrogen-bond donors (Lipinski definition) is 0. The number of Topliss-reactive ketones (excluding diaryl/α,β-unsaturated/α-hetero) is 2. The molecule has 0 amide bonds. The van der Waals surface area contributed by atoms with Gasteiger partial charge in [-0.15, -0.1) is 0 Å². The lowest BCUT2D eigenvalue weighted by atomic mass is 9.84. The number of carbonyl (C=O) groups excluding carboxylic acids is 2. The highest BCUT2D eigenvalue weighted by molar-refractivity contribution is 9.10. The summed E-state index contributed by atoms with van der Waals surface area (Å²) in [4.78, 5) is 24.7. The van der Waals surface area contributed by atoms with E-state index >= 15 is 0 Å². The number of rotatable bonds is 0. The Morgan fingerprint density at radius 3 is 2.12 bits per heavy atom. The molecule has 0 atom stereocenters. The molecule has 0 fully saturated rings. The van der Waals surface area contributed by atoms with Crippen LogP contribution in [0.1, 0.15) is 30.3 Å². The Labute approximate surface area is 116 Å². The lowest BCUT2D eigenvalue weighted by molar-refractivity contribution is 0.0815. The number of carbonyl (C=O) groups is 2. The van der Waals surface area contributed by atoms with Gasteiger partial charge in [-0.1, -0.05) is 40.1 Å². The van der Waals surface area contributed by atoms with Gasteiger partial charge in [0.2, 0.25) is 11.6 Å². The second-order valence-electron chi connectivity index (χ2n) is 3.35. The van der Waals surface area contributed by atoms with Crippen LogP contribution in [0.5, 0.6) is 0 Å². The first-order chi connectivity index (χ1) is 11.1. The van der Waals surface area contributed by atoms with Gasteiger partial charge in [-0.2, -0.15) is 0 Å². The Morgan fingerprint density at radius 1 is 0.824 bits per heavy atom. The minimum absolute atomic E-state index is 0.0910. The Balaban J connectivity index is 2.65. The standard InChI is InChI=1S/C14H7BrO2/c15-8-5-6-11-12(7-8)9-3-1-2-4-10(9)13(16)14(11)17/h1-7H/i1D,2D,3D,4D,5D,6D,7D. The maximum atomic E-state index is 12.4. The van der Waals surface area contributed by atoms with E-state index in [1.165, 1.54) is 0 Å². The summed E-state index contributed by atoms with van der Waals surface area (Å²) < 4.78 is 55.0. The van der Waals surface area contributed by atoms with E-state index in [1.807, 2.05) is 0 Å². The molecule has 82 valence electrons. The SMILES string of the molecule is [2H]c1c([2H])c([2H])c2c(c1[2H])C(=O)C(=O)c1c([2H])c([2H])c(Br)c([2H])c1-2. The van der Waals surface area contributed by atoms with Gasteiger partial charge in [0.15, 0.2) is 0 Å². The van der Waals surface area contributed by atoms with Gasteiger partial charge in [-0.05, 0) is 29.3 Å². The molecule has 0 N–H and O–H groups in total. The first-order valence-electron chi connectivity index (χ1n) is 8.10. The smallest absolute Gasteiger partial charge is 0.234 e. The van der Waals surface area contributed by atoms with Crippen molar-refractivity contribution in [1.29, 1.82) is 0 Å². The third kappa shape index (κ3) is 1.46. The topological polar surface area (TPSA) is 34.1 Å². The van der Waals surface area contributed by atoms with Gasteiger partial charge in [-0.25, -0.2) is 0 Å². The van der Waals surface area contributed by atoms with Crippen LogP contribution in [0.2, 0.25) is 0 Å². The molecule has 3 heteroatoms. The molecule has 3 rings (SSSR count). The highest BCUT2D eigenvalue weighted by atomic mass is 79.9. The van der Waals surface area contributed by atoms with E-state index in [-0.39, 0.29) is 21.6 Å². The van der Waals surface area contributed by atoms with Crippen LogP contribution in [0.4, 0.5) is 0 Å². The Morgan fingerprint density at radius 2 is 1.41 bits per heavy atom. The molecule has 0 aliphatic heterocycles. The highest BCUT2D eigenvalue weighted by Crippen LogP contribution is 2.34. The normalized spacial score (nSPS) is 19.0. The van der Waals surface area contributed by atoms with Gasteiger partial charge in [0, 0.05) is 15.6 Å². The molecule has 0 bridgehead atoms. The van der Waals surface area contributed by atoms with E-state index < -0.39 is 58.9 Å². The second-order valence-corrected chi connectivity index (χ2v) is 4.14. The van der Waals surface area contributed by atoms with Gasteiger partial charge < -0.3 is 0 Å². The third-order valence-corrected chi connectivity index (χ3v) is 2.78. The fraction of sp³-hybridized carbons (Fsp3) is 0. The van der Waals surface area contributed by atoms with Crippen molar-refractivity contribution in [2.24, 2.45) is 0 Å². The Kier molecular flexibility index (Phi) is 1.13. The molecule has 0 radical (unpaired) electrons. The van der Waals surface area contributed by atoms with Crippen LogP contribution in [0.15, 0.2) is 46.8 Å². The van der Waals surface area contributed by atoms with Gasteiger partial charge in [0.1, 0.15) is 0 Å². The Hall–Kier alpha value is -1.74. The van der Waals surface area contributed by atoms with Crippen molar-refractivity contribution >= 4 is 27.5 Å². The molecule has 0 aromatic heterocycles. The highest BCUT2D eigenvalue weighted by Gasteiger charge is 2.29. The number of ketones is 2. The average Bonchev–Trinajstić information content (AvgIpc) is 2.56. The monoisotopic (exact) mass is 293 g/mol. The van der Waals surface area contributed by atoms with Gasteiger partial charge in [0.25, 0.3) is 0 Å². The van der Waals surface area contributed by atoms with Crippen LogP contribution >= 0.6 is 15.9 Å². The van der Waals surface area contributed by atoms with E-state index in [4.69, 9.17) is 9.60 Å². The summed E-state index contributed by atoms with van der Waals surface area (Å²) in [6.45, 7) is 0. The van der Waals surface area contributed by atoms with Crippen molar-refractivity contribution in [2.75, 3.05) is 0 Å². The lowest BCUT2D eigenvalue weighted by Gasteiger charge is -2.17. The van der Waals surface area contributed by atoms with Crippen molar-refractivity contribution < 1.29 is 19.2 Å². The van der Waals surface area contributed by atoms with Crippen LogP contribution in [-0.4, -0.2) is 11.6 Å². The van der Waals surface area contributed by atoms with Crippen LogP contribution in [0.3, 0.4) is 0 Å². The quantitative estimate of drug-likeness (QED) is 0.697. The fourth-order valence-corrected chi connectivity index (χ4v) is 1.94. The van der Waals surface area contributed by atoms with Crippen LogP contribution in [0, 0.1) is 0 Å². The fourth-order valence-electron chi connectivity index (χ4n) is 1.64. The molecule has 0 saturated carbocycles. The average molecular weight is 294 g/mol. The molecule has 1 aliphatic rings. The summed E-state index contributed by atoms with van der Waals surface area (Å²) in [5.74, 6) is -2.32. The molecular weight excluding hydrogens is 280 g/mol. The Bertz CT molecular complexity index is 905. The molecule has 2 aromatic rings. The summed E-state index contributed by atoms with van der Waals surface area (Å²) in [6.07, 6.45) is 0. The van der Waals surface area contributed by atoms with Crippen molar-refractivity contribution in [3.05, 3.63) is 57.9 Å². The summed E-state index contributed by atoms with van der Waals surface area (Å²) in [7, 11) is 0. The molecule has 1 aliphatic carbocycles. The first kappa shape index (κ1) is 5.27. The minimum atomic E-state index is -1.17. The van der Waals surface area contributed by atoms with E-state index in [0.717, 1.165) is 0 Å². The second kappa shape index (κ2) is 3.64. The summed E-state index contributed by atoms with van der Waals surface area (Å²) >= 11 is 2.99. The largest absolute Gasteiger partial charge is 0.285 e. The number of hydrogen-bond acceptors (Lipinski definition) is 2.